The molecule has 1 aliphatic rings. The normalized spacial score (nSPS) is 13.4. The molecule has 1 aromatic heterocycles. The highest BCUT2D eigenvalue weighted by Gasteiger charge is 2.19. The molecule has 1 aliphatic heterocycles. The topological polar surface area (TPSA) is 69.7 Å². The minimum absolute atomic E-state index is 0.174. The standard InChI is InChI=1S/C22H19BrN2O4/c1-14(18-11-20-21(12-19(18)23)28-10-9-27-20)25-22(26)15-4-6-16(7-5-15)29-17-3-2-8-24-13-17/h2-8,11-14H,9-10H2,1H3,(H,25,26). The number of nitrogens with one attached hydrogen (secondary N) is 1. The van der Waals surface area contributed by atoms with Crippen LogP contribution in [0.3, 0.4) is 0 Å². The van der Waals surface area contributed by atoms with E-state index in [0.717, 1.165) is 10.0 Å². The number of hydrogen-bond acceptors (Lipinski definition) is 5. The third kappa shape index (κ3) is 4.51. The lowest BCUT2D eigenvalue weighted by Gasteiger charge is -2.22. The maximum atomic E-state index is 12.7. The zero-order valence-corrected chi connectivity index (χ0v) is 17.3. The van der Waals surface area contributed by atoms with E-state index >= 15 is 0 Å². The molecule has 0 spiro atoms. The van der Waals surface area contributed by atoms with E-state index in [1.165, 1.54) is 0 Å². The van der Waals surface area contributed by atoms with Crippen molar-refractivity contribution in [3.63, 3.8) is 0 Å². The Labute approximate surface area is 177 Å². The van der Waals surface area contributed by atoms with Crippen LogP contribution < -0.4 is 19.5 Å². The third-order valence-electron chi connectivity index (χ3n) is 4.46. The van der Waals surface area contributed by atoms with E-state index in [0.29, 0.717) is 41.8 Å². The van der Waals surface area contributed by atoms with Crippen molar-refractivity contribution < 1.29 is 19.0 Å². The predicted octanol–water partition coefficient (Wildman–Crippen LogP) is 4.90. The lowest BCUT2D eigenvalue weighted by molar-refractivity contribution is 0.0939. The molecule has 1 unspecified atom stereocenters. The molecule has 148 valence electrons. The zero-order chi connectivity index (χ0) is 20.2. The summed E-state index contributed by atoms with van der Waals surface area (Å²) in [6.07, 6.45) is 3.31. The first-order valence-electron chi connectivity index (χ1n) is 9.18. The van der Waals surface area contributed by atoms with Gasteiger partial charge < -0.3 is 19.5 Å². The number of benzene rings is 2. The molecule has 0 aliphatic carbocycles. The van der Waals surface area contributed by atoms with Crippen LogP contribution in [0.1, 0.15) is 28.9 Å². The Kier molecular flexibility index (Phi) is 5.67. The molecular formula is C22H19BrN2O4. The van der Waals surface area contributed by atoms with Gasteiger partial charge in [0.15, 0.2) is 11.5 Å². The molecular weight excluding hydrogens is 436 g/mol. The average Bonchev–Trinajstić information content (AvgIpc) is 2.74. The van der Waals surface area contributed by atoms with Crippen molar-refractivity contribution in [2.45, 2.75) is 13.0 Å². The lowest BCUT2D eigenvalue weighted by atomic mass is 10.1. The Balaban J connectivity index is 1.43. The molecule has 0 fully saturated rings. The Hall–Kier alpha value is -3.06. The van der Waals surface area contributed by atoms with Gasteiger partial charge in [-0.1, -0.05) is 15.9 Å². The Morgan fingerprint density at radius 1 is 1.10 bits per heavy atom. The number of aromatic nitrogens is 1. The van der Waals surface area contributed by atoms with Crippen molar-refractivity contribution >= 4 is 21.8 Å². The van der Waals surface area contributed by atoms with Crippen LogP contribution in [0.15, 0.2) is 65.4 Å². The molecule has 0 bridgehead atoms. The van der Waals surface area contributed by atoms with Gasteiger partial charge in [0.1, 0.15) is 24.7 Å². The van der Waals surface area contributed by atoms with Crippen LogP contribution in [0, 0.1) is 0 Å². The number of hydrogen-bond donors (Lipinski definition) is 1. The van der Waals surface area contributed by atoms with Crippen LogP contribution in [0.5, 0.6) is 23.0 Å². The van der Waals surface area contributed by atoms with Crippen molar-refractivity contribution in [2.75, 3.05) is 13.2 Å². The monoisotopic (exact) mass is 454 g/mol. The van der Waals surface area contributed by atoms with Crippen LogP contribution in [-0.4, -0.2) is 24.1 Å². The lowest BCUT2D eigenvalue weighted by Crippen LogP contribution is -2.27. The minimum atomic E-state index is -0.223. The maximum Gasteiger partial charge on any atom is 0.251 e. The SMILES string of the molecule is CC(NC(=O)c1ccc(Oc2cccnc2)cc1)c1cc2c(cc1Br)OCCO2. The van der Waals surface area contributed by atoms with Crippen LogP contribution >= 0.6 is 15.9 Å². The second-order valence-electron chi connectivity index (χ2n) is 6.53. The first kappa shape index (κ1) is 19.3. The van der Waals surface area contributed by atoms with E-state index in [1.54, 1.807) is 42.7 Å². The highest BCUT2D eigenvalue weighted by Crippen LogP contribution is 2.37. The van der Waals surface area contributed by atoms with E-state index in [4.69, 9.17) is 14.2 Å². The van der Waals surface area contributed by atoms with Gasteiger partial charge in [-0.2, -0.15) is 0 Å². The highest BCUT2D eigenvalue weighted by molar-refractivity contribution is 9.10. The number of halogens is 1. The molecule has 0 radical (unpaired) electrons. The van der Waals surface area contributed by atoms with Crippen LogP contribution in [0.25, 0.3) is 0 Å². The van der Waals surface area contributed by atoms with E-state index in [1.807, 2.05) is 25.1 Å². The average molecular weight is 455 g/mol. The fourth-order valence-corrected chi connectivity index (χ4v) is 3.65. The predicted molar refractivity (Wildman–Crippen MR) is 112 cm³/mol. The Morgan fingerprint density at radius 2 is 1.83 bits per heavy atom. The molecule has 1 atom stereocenters. The molecule has 2 aromatic carbocycles. The van der Waals surface area contributed by atoms with Gasteiger partial charge in [0.2, 0.25) is 0 Å². The summed E-state index contributed by atoms with van der Waals surface area (Å²) in [4.78, 5) is 16.7. The number of carbonyl (C=O) groups is 1. The molecule has 7 heteroatoms. The summed E-state index contributed by atoms with van der Waals surface area (Å²) < 4.78 is 17.8. The second-order valence-corrected chi connectivity index (χ2v) is 7.38. The molecule has 1 amide bonds. The summed E-state index contributed by atoms with van der Waals surface area (Å²) in [6.45, 7) is 2.97. The van der Waals surface area contributed by atoms with Gasteiger partial charge in [0.25, 0.3) is 5.91 Å². The van der Waals surface area contributed by atoms with Crippen molar-refractivity contribution in [1.29, 1.82) is 0 Å². The van der Waals surface area contributed by atoms with E-state index in [2.05, 4.69) is 26.2 Å². The number of fused-ring (bicyclic) bond motifs is 1. The van der Waals surface area contributed by atoms with E-state index < -0.39 is 0 Å². The number of carbonyl (C=O) groups excluding carboxylic acids is 1. The van der Waals surface area contributed by atoms with Crippen molar-refractivity contribution in [3.05, 3.63) is 76.5 Å². The molecule has 29 heavy (non-hydrogen) atoms. The minimum Gasteiger partial charge on any atom is -0.486 e. The van der Waals surface area contributed by atoms with Gasteiger partial charge in [0.05, 0.1) is 12.2 Å². The molecule has 3 aromatic rings. The van der Waals surface area contributed by atoms with Crippen LogP contribution in [0.4, 0.5) is 0 Å². The first-order chi connectivity index (χ1) is 14.1. The number of pyridine rings is 1. The first-order valence-corrected chi connectivity index (χ1v) is 9.97. The van der Waals surface area contributed by atoms with Gasteiger partial charge in [-0.15, -0.1) is 0 Å². The fourth-order valence-electron chi connectivity index (χ4n) is 2.99. The smallest absolute Gasteiger partial charge is 0.251 e. The quantitative estimate of drug-likeness (QED) is 0.593. The van der Waals surface area contributed by atoms with Gasteiger partial charge in [-0.25, -0.2) is 0 Å². The van der Waals surface area contributed by atoms with Gasteiger partial charge >= 0.3 is 0 Å². The van der Waals surface area contributed by atoms with Crippen LogP contribution in [-0.2, 0) is 0 Å². The summed E-state index contributed by atoms with van der Waals surface area (Å²) in [6, 6.07) is 14.1. The molecule has 0 saturated carbocycles. The number of nitrogens with zero attached hydrogens (tertiary/aromatic N) is 1. The third-order valence-corrected chi connectivity index (χ3v) is 5.15. The van der Waals surface area contributed by atoms with Crippen molar-refractivity contribution in [1.82, 2.24) is 10.3 Å². The Morgan fingerprint density at radius 3 is 2.52 bits per heavy atom. The van der Waals surface area contributed by atoms with Gasteiger partial charge in [-0.3, -0.25) is 9.78 Å². The van der Waals surface area contributed by atoms with E-state index in [9.17, 15) is 4.79 Å². The van der Waals surface area contributed by atoms with Crippen molar-refractivity contribution in [3.8, 4) is 23.0 Å². The zero-order valence-electron chi connectivity index (χ0n) is 15.7. The molecule has 4 rings (SSSR count). The molecule has 2 heterocycles. The van der Waals surface area contributed by atoms with Crippen LogP contribution in [0.2, 0.25) is 0 Å². The maximum absolute atomic E-state index is 12.7. The number of rotatable bonds is 5. The summed E-state index contributed by atoms with van der Waals surface area (Å²) in [5.41, 5.74) is 1.46. The fraction of sp³-hybridized carbons (Fsp3) is 0.182. The van der Waals surface area contributed by atoms with Gasteiger partial charge in [0, 0.05) is 16.2 Å². The summed E-state index contributed by atoms with van der Waals surface area (Å²) >= 11 is 3.55. The summed E-state index contributed by atoms with van der Waals surface area (Å²) in [7, 11) is 0. The Bertz CT molecular complexity index is 1010. The largest absolute Gasteiger partial charge is 0.486 e. The molecule has 1 N–H and O–H groups in total. The summed E-state index contributed by atoms with van der Waals surface area (Å²) in [5.74, 6) is 2.49. The summed E-state index contributed by atoms with van der Waals surface area (Å²) in [5, 5.41) is 3.01. The molecule has 0 saturated heterocycles. The molecule has 6 nitrogen and oxygen atoms in total. The second kappa shape index (κ2) is 8.53. The van der Waals surface area contributed by atoms with Crippen molar-refractivity contribution in [2.24, 2.45) is 0 Å². The number of ether oxygens (including phenoxy) is 3. The number of amides is 1. The highest BCUT2D eigenvalue weighted by atomic mass is 79.9. The van der Waals surface area contributed by atoms with E-state index in [-0.39, 0.29) is 11.9 Å². The van der Waals surface area contributed by atoms with Gasteiger partial charge in [-0.05, 0) is 61.0 Å².